The molecule has 0 heterocycles. The van der Waals surface area contributed by atoms with Gasteiger partial charge in [0.15, 0.2) is 11.5 Å². The van der Waals surface area contributed by atoms with E-state index in [1.54, 1.807) is 6.07 Å². The highest BCUT2D eigenvalue weighted by atomic mass is 16.5. The highest BCUT2D eigenvalue weighted by molar-refractivity contribution is 5.95. The monoisotopic (exact) mass is 280 g/mol. The van der Waals surface area contributed by atoms with Gasteiger partial charge >= 0.3 is 0 Å². The number of aromatic hydroxyl groups is 1. The molecule has 0 unspecified atom stereocenters. The number of ether oxygens (including phenoxy) is 2. The molecule has 3 nitrogen and oxygen atoms in total. The Bertz CT molecular complexity index is 751. The molecule has 0 aromatic heterocycles. The van der Waals surface area contributed by atoms with Crippen LogP contribution < -0.4 is 9.47 Å². The van der Waals surface area contributed by atoms with Gasteiger partial charge in [-0.2, -0.15) is 0 Å². The Morgan fingerprint density at radius 2 is 1.52 bits per heavy atom. The van der Waals surface area contributed by atoms with Crippen molar-refractivity contribution >= 4 is 10.8 Å². The summed E-state index contributed by atoms with van der Waals surface area (Å²) in [5.74, 6) is 1.25. The van der Waals surface area contributed by atoms with Gasteiger partial charge in [0.1, 0.15) is 12.4 Å². The van der Waals surface area contributed by atoms with Gasteiger partial charge in [-0.1, -0.05) is 54.6 Å². The van der Waals surface area contributed by atoms with Crippen LogP contribution in [0.3, 0.4) is 0 Å². The number of benzene rings is 3. The summed E-state index contributed by atoms with van der Waals surface area (Å²) in [6.45, 7) is 0.471. The van der Waals surface area contributed by atoms with Gasteiger partial charge in [0.2, 0.25) is 0 Å². The van der Waals surface area contributed by atoms with Gasteiger partial charge in [-0.15, -0.1) is 0 Å². The van der Waals surface area contributed by atoms with Gasteiger partial charge in [0.25, 0.3) is 0 Å². The quantitative estimate of drug-likeness (QED) is 0.781. The van der Waals surface area contributed by atoms with Crippen LogP contribution in [0.2, 0.25) is 0 Å². The second kappa shape index (κ2) is 5.75. The van der Waals surface area contributed by atoms with E-state index in [9.17, 15) is 5.11 Å². The molecule has 21 heavy (non-hydrogen) atoms. The minimum absolute atomic E-state index is 0.139. The number of hydrogen-bond donors (Lipinski definition) is 1. The second-order valence-electron chi connectivity index (χ2n) is 4.75. The molecule has 1 N–H and O–H groups in total. The molecular weight excluding hydrogens is 264 g/mol. The van der Waals surface area contributed by atoms with Crippen LogP contribution in [0.5, 0.6) is 17.2 Å². The molecule has 3 rings (SSSR count). The molecule has 3 aromatic carbocycles. The zero-order valence-corrected chi connectivity index (χ0v) is 11.7. The Hall–Kier alpha value is -2.68. The zero-order valence-electron chi connectivity index (χ0n) is 11.7. The molecule has 0 aliphatic rings. The van der Waals surface area contributed by atoms with E-state index in [2.05, 4.69) is 0 Å². The summed E-state index contributed by atoms with van der Waals surface area (Å²) in [6, 6.07) is 19.3. The van der Waals surface area contributed by atoms with E-state index in [1.165, 1.54) is 7.11 Å². The van der Waals surface area contributed by atoms with Crippen molar-refractivity contribution < 1.29 is 14.6 Å². The first-order chi connectivity index (χ1) is 10.3. The Balaban J connectivity index is 1.99. The van der Waals surface area contributed by atoms with E-state index in [0.717, 1.165) is 16.3 Å². The molecule has 0 aliphatic carbocycles. The Morgan fingerprint density at radius 1 is 0.857 bits per heavy atom. The molecule has 0 radical (unpaired) electrons. The van der Waals surface area contributed by atoms with E-state index in [-0.39, 0.29) is 5.75 Å². The van der Waals surface area contributed by atoms with Crippen molar-refractivity contribution in [1.29, 1.82) is 0 Å². The van der Waals surface area contributed by atoms with Crippen molar-refractivity contribution in [3.8, 4) is 17.2 Å². The molecule has 0 spiro atoms. The number of phenols is 1. The number of rotatable bonds is 4. The lowest BCUT2D eigenvalue weighted by atomic mass is 10.1. The molecule has 0 bridgehead atoms. The van der Waals surface area contributed by atoms with Crippen LogP contribution in [-0.2, 0) is 6.61 Å². The van der Waals surface area contributed by atoms with Crippen molar-refractivity contribution in [3.63, 3.8) is 0 Å². The van der Waals surface area contributed by atoms with Crippen molar-refractivity contribution in [3.05, 3.63) is 66.2 Å². The van der Waals surface area contributed by atoms with E-state index >= 15 is 0 Å². The van der Waals surface area contributed by atoms with Crippen LogP contribution in [0.25, 0.3) is 10.8 Å². The first kappa shape index (κ1) is 13.3. The molecule has 106 valence electrons. The fourth-order valence-corrected chi connectivity index (χ4v) is 2.31. The molecule has 0 fully saturated rings. The molecular formula is C18H16O3. The SMILES string of the molecule is COc1cc(OCc2ccccc2)c2ccccc2c1O. The van der Waals surface area contributed by atoms with Crippen LogP contribution in [0.15, 0.2) is 60.7 Å². The van der Waals surface area contributed by atoms with Crippen LogP contribution in [0.1, 0.15) is 5.56 Å². The van der Waals surface area contributed by atoms with Crippen LogP contribution in [0.4, 0.5) is 0 Å². The summed E-state index contributed by atoms with van der Waals surface area (Å²) in [7, 11) is 1.53. The topological polar surface area (TPSA) is 38.7 Å². The smallest absolute Gasteiger partial charge is 0.165 e. The molecule has 3 heteroatoms. The first-order valence-corrected chi connectivity index (χ1v) is 6.75. The molecule has 0 amide bonds. The fourth-order valence-electron chi connectivity index (χ4n) is 2.31. The second-order valence-corrected chi connectivity index (χ2v) is 4.75. The number of phenolic OH excluding ortho intramolecular Hbond substituents is 1. The van der Waals surface area contributed by atoms with Gasteiger partial charge < -0.3 is 14.6 Å². The third-order valence-corrected chi connectivity index (χ3v) is 3.40. The number of methoxy groups -OCH3 is 1. The number of fused-ring (bicyclic) bond motifs is 1. The normalized spacial score (nSPS) is 10.5. The van der Waals surface area contributed by atoms with E-state index < -0.39 is 0 Å². The molecule has 0 saturated heterocycles. The highest BCUT2D eigenvalue weighted by Gasteiger charge is 2.12. The van der Waals surface area contributed by atoms with Crippen LogP contribution >= 0.6 is 0 Å². The van der Waals surface area contributed by atoms with E-state index in [4.69, 9.17) is 9.47 Å². The lowest BCUT2D eigenvalue weighted by Crippen LogP contribution is -1.97. The summed E-state index contributed by atoms with van der Waals surface area (Å²) in [4.78, 5) is 0. The highest BCUT2D eigenvalue weighted by Crippen LogP contribution is 2.40. The minimum Gasteiger partial charge on any atom is -0.504 e. The standard InChI is InChI=1S/C18H16O3/c1-20-17-11-16(21-12-13-7-3-2-4-8-13)14-9-5-6-10-15(14)18(17)19/h2-11,19H,12H2,1H3. The summed E-state index contributed by atoms with van der Waals surface area (Å²) in [5.41, 5.74) is 1.09. The Kier molecular flexibility index (Phi) is 3.65. The third kappa shape index (κ3) is 2.63. The van der Waals surface area contributed by atoms with Gasteiger partial charge in [0, 0.05) is 16.8 Å². The summed E-state index contributed by atoms with van der Waals surface area (Å²) >= 11 is 0. The van der Waals surface area contributed by atoms with Gasteiger partial charge in [-0.3, -0.25) is 0 Å². The fraction of sp³-hybridized carbons (Fsp3) is 0.111. The van der Waals surface area contributed by atoms with Crippen molar-refractivity contribution in [1.82, 2.24) is 0 Å². The largest absolute Gasteiger partial charge is 0.504 e. The molecule has 0 atom stereocenters. The lowest BCUT2D eigenvalue weighted by molar-refractivity contribution is 0.306. The molecule has 0 saturated carbocycles. The van der Waals surface area contributed by atoms with E-state index in [0.29, 0.717) is 18.1 Å². The van der Waals surface area contributed by atoms with Gasteiger partial charge in [-0.05, 0) is 5.56 Å². The maximum Gasteiger partial charge on any atom is 0.165 e. The van der Waals surface area contributed by atoms with Crippen LogP contribution in [0, 0.1) is 0 Å². The first-order valence-electron chi connectivity index (χ1n) is 6.75. The average molecular weight is 280 g/mol. The van der Waals surface area contributed by atoms with Crippen LogP contribution in [-0.4, -0.2) is 12.2 Å². The van der Waals surface area contributed by atoms with Crippen molar-refractivity contribution in [2.24, 2.45) is 0 Å². The summed E-state index contributed by atoms with van der Waals surface area (Å²) in [6.07, 6.45) is 0. The Labute approximate surface area is 123 Å². The van der Waals surface area contributed by atoms with Crippen molar-refractivity contribution in [2.45, 2.75) is 6.61 Å². The number of hydrogen-bond acceptors (Lipinski definition) is 3. The predicted molar refractivity (Wildman–Crippen MR) is 82.9 cm³/mol. The maximum atomic E-state index is 10.2. The van der Waals surface area contributed by atoms with Gasteiger partial charge in [0.05, 0.1) is 7.11 Å². The maximum absolute atomic E-state index is 10.2. The van der Waals surface area contributed by atoms with Gasteiger partial charge in [-0.25, -0.2) is 0 Å². The molecule has 3 aromatic rings. The third-order valence-electron chi connectivity index (χ3n) is 3.40. The minimum atomic E-state index is 0.139. The molecule has 0 aliphatic heterocycles. The summed E-state index contributed by atoms with van der Waals surface area (Å²) in [5, 5.41) is 11.8. The zero-order chi connectivity index (χ0) is 14.7. The lowest BCUT2D eigenvalue weighted by Gasteiger charge is -2.13. The van der Waals surface area contributed by atoms with Crippen molar-refractivity contribution in [2.75, 3.05) is 7.11 Å². The predicted octanol–water partition coefficient (Wildman–Crippen LogP) is 4.13. The average Bonchev–Trinajstić information content (AvgIpc) is 2.55. The van der Waals surface area contributed by atoms with E-state index in [1.807, 2.05) is 54.6 Å². The summed E-state index contributed by atoms with van der Waals surface area (Å²) < 4.78 is 11.1. The Morgan fingerprint density at radius 3 is 2.24 bits per heavy atom.